The predicted molar refractivity (Wildman–Crippen MR) is 77.5 cm³/mol. The highest BCUT2D eigenvalue weighted by Crippen LogP contribution is 2.25. The molecule has 1 fully saturated rings. The zero-order chi connectivity index (χ0) is 13.1. The summed E-state index contributed by atoms with van der Waals surface area (Å²) in [5.74, 6) is 0.731. The fourth-order valence-corrected chi connectivity index (χ4v) is 2.94. The molecule has 1 aromatic rings. The number of amides is 1. The van der Waals surface area contributed by atoms with Crippen LogP contribution in [0, 0.1) is 5.92 Å². The van der Waals surface area contributed by atoms with Gasteiger partial charge < -0.3 is 10.6 Å². The van der Waals surface area contributed by atoms with Gasteiger partial charge in [-0.25, -0.2) is 0 Å². The van der Waals surface area contributed by atoms with Gasteiger partial charge in [-0.05, 0) is 37.0 Å². The molecule has 1 atom stereocenters. The SMILES string of the molecule is CCCC1CCN(C(=O)c2ccc(Br)cc2N)C1. The zero-order valence-corrected chi connectivity index (χ0v) is 12.2. The van der Waals surface area contributed by atoms with E-state index < -0.39 is 0 Å². The molecule has 1 amide bonds. The fourth-order valence-electron chi connectivity index (χ4n) is 2.56. The highest BCUT2D eigenvalue weighted by atomic mass is 79.9. The molecule has 0 spiro atoms. The van der Waals surface area contributed by atoms with E-state index >= 15 is 0 Å². The molecule has 0 saturated carbocycles. The zero-order valence-electron chi connectivity index (χ0n) is 10.7. The van der Waals surface area contributed by atoms with Crippen molar-refractivity contribution >= 4 is 27.5 Å². The fraction of sp³-hybridized carbons (Fsp3) is 0.500. The number of hydrogen-bond acceptors (Lipinski definition) is 2. The highest BCUT2D eigenvalue weighted by molar-refractivity contribution is 9.10. The van der Waals surface area contributed by atoms with Gasteiger partial charge >= 0.3 is 0 Å². The number of nitrogen functional groups attached to an aromatic ring is 1. The Morgan fingerprint density at radius 3 is 3.00 bits per heavy atom. The highest BCUT2D eigenvalue weighted by Gasteiger charge is 2.27. The number of likely N-dealkylation sites (tertiary alicyclic amines) is 1. The van der Waals surface area contributed by atoms with Crippen LogP contribution in [0.2, 0.25) is 0 Å². The first kappa shape index (κ1) is 13.4. The van der Waals surface area contributed by atoms with Crippen LogP contribution in [-0.4, -0.2) is 23.9 Å². The molecule has 1 aromatic carbocycles. The Labute approximate surface area is 116 Å². The van der Waals surface area contributed by atoms with Gasteiger partial charge in [-0.1, -0.05) is 29.3 Å². The molecule has 4 heteroatoms. The molecule has 1 unspecified atom stereocenters. The Morgan fingerprint density at radius 2 is 2.33 bits per heavy atom. The maximum absolute atomic E-state index is 12.4. The molecule has 0 bridgehead atoms. The maximum atomic E-state index is 12.4. The first-order valence-electron chi connectivity index (χ1n) is 6.46. The van der Waals surface area contributed by atoms with Gasteiger partial charge in [0.1, 0.15) is 0 Å². The number of benzene rings is 1. The Kier molecular flexibility index (Phi) is 4.27. The molecular formula is C14H19BrN2O. The Balaban J connectivity index is 2.08. The topological polar surface area (TPSA) is 46.3 Å². The van der Waals surface area contributed by atoms with E-state index in [2.05, 4.69) is 22.9 Å². The lowest BCUT2D eigenvalue weighted by molar-refractivity contribution is 0.0787. The van der Waals surface area contributed by atoms with E-state index in [1.807, 2.05) is 11.0 Å². The number of nitrogens with zero attached hydrogens (tertiary/aromatic N) is 1. The number of nitrogens with two attached hydrogens (primary N) is 1. The average molecular weight is 311 g/mol. The molecule has 1 aliphatic heterocycles. The van der Waals surface area contributed by atoms with Gasteiger partial charge in [-0.3, -0.25) is 4.79 Å². The van der Waals surface area contributed by atoms with Crippen LogP contribution in [0.4, 0.5) is 5.69 Å². The lowest BCUT2D eigenvalue weighted by Gasteiger charge is -2.17. The average Bonchev–Trinajstić information content (AvgIpc) is 2.77. The van der Waals surface area contributed by atoms with Crippen molar-refractivity contribution in [2.24, 2.45) is 5.92 Å². The van der Waals surface area contributed by atoms with Crippen molar-refractivity contribution < 1.29 is 4.79 Å². The van der Waals surface area contributed by atoms with E-state index in [0.717, 1.165) is 24.0 Å². The molecule has 18 heavy (non-hydrogen) atoms. The summed E-state index contributed by atoms with van der Waals surface area (Å²) < 4.78 is 0.904. The van der Waals surface area contributed by atoms with Crippen molar-refractivity contribution in [2.75, 3.05) is 18.8 Å². The van der Waals surface area contributed by atoms with Crippen molar-refractivity contribution in [3.63, 3.8) is 0 Å². The second kappa shape index (κ2) is 5.74. The van der Waals surface area contributed by atoms with Crippen LogP contribution in [0.25, 0.3) is 0 Å². The number of anilines is 1. The minimum atomic E-state index is 0.0682. The molecule has 0 aromatic heterocycles. The van der Waals surface area contributed by atoms with Crippen LogP contribution < -0.4 is 5.73 Å². The van der Waals surface area contributed by atoms with Crippen LogP contribution in [0.1, 0.15) is 36.5 Å². The lowest BCUT2D eigenvalue weighted by Crippen LogP contribution is -2.29. The van der Waals surface area contributed by atoms with Crippen LogP contribution >= 0.6 is 15.9 Å². The van der Waals surface area contributed by atoms with Crippen LogP contribution in [-0.2, 0) is 0 Å². The minimum absolute atomic E-state index is 0.0682. The number of carbonyl (C=O) groups excluding carboxylic acids is 1. The van der Waals surface area contributed by atoms with Gasteiger partial charge in [-0.2, -0.15) is 0 Å². The maximum Gasteiger partial charge on any atom is 0.255 e. The smallest absolute Gasteiger partial charge is 0.255 e. The summed E-state index contributed by atoms with van der Waals surface area (Å²) >= 11 is 3.35. The van der Waals surface area contributed by atoms with E-state index in [1.54, 1.807) is 12.1 Å². The first-order chi connectivity index (χ1) is 8.61. The van der Waals surface area contributed by atoms with Gasteiger partial charge in [0.05, 0.1) is 5.56 Å². The molecule has 1 saturated heterocycles. The van der Waals surface area contributed by atoms with E-state index in [4.69, 9.17) is 5.73 Å². The molecule has 2 rings (SSSR count). The third-order valence-electron chi connectivity index (χ3n) is 3.51. The van der Waals surface area contributed by atoms with Crippen molar-refractivity contribution in [1.29, 1.82) is 0 Å². The molecular weight excluding hydrogens is 292 g/mol. The summed E-state index contributed by atoms with van der Waals surface area (Å²) in [6, 6.07) is 5.45. The van der Waals surface area contributed by atoms with Gasteiger partial charge in [0, 0.05) is 23.2 Å². The van der Waals surface area contributed by atoms with E-state index in [0.29, 0.717) is 17.2 Å². The van der Waals surface area contributed by atoms with E-state index in [1.165, 1.54) is 12.8 Å². The summed E-state index contributed by atoms with van der Waals surface area (Å²) in [5, 5.41) is 0. The third kappa shape index (κ3) is 2.86. The predicted octanol–water partition coefficient (Wildman–Crippen LogP) is 3.29. The normalized spacial score (nSPS) is 19.2. The Morgan fingerprint density at radius 1 is 1.56 bits per heavy atom. The number of halogens is 1. The summed E-state index contributed by atoms with van der Waals surface area (Å²) in [6.45, 7) is 3.93. The molecule has 1 aliphatic rings. The third-order valence-corrected chi connectivity index (χ3v) is 4.01. The summed E-state index contributed by atoms with van der Waals surface area (Å²) in [4.78, 5) is 14.3. The van der Waals surface area contributed by atoms with Crippen molar-refractivity contribution in [1.82, 2.24) is 4.90 Å². The van der Waals surface area contributed by atoms with Gasteiger partial charge in [0.25, 0.3) is 5.91 Å². The Hall–Kier alpha value is -1.03. The molecule has 0 aliphatic carbocycles. The van der Waals surface area contributed by atoms with Crippen molar-refractivity contribution in [2.45, 2.75) is 26.2 Å². The molecule has 1 heterocycles. The van der Waals surface area contributed by atoms with Crippen molar-refractivity contribution in [3.8, 4) is 0 Å². The summed E-state index contributed by atoms with van der Waals surface area (Å²) in [5.41, 5.74) is 7.08. The standard InChI is InChI=1S/C14H19BrN2O/c1-2-3-10-6-7-17(9-10)14(18)12-5-4-11(15)8-13(12)16/h4-5,8,10H,2-3,6-7,9,16H2,1H3. The Bertz CT molecular complexity index is 447. The number of carbonyl (C=O) groups is 1. The van der Waals surface area contributed by atoms with E-state index in [-0.39, 0.29) is 5.91 Å². The molecule has 98 valence electrons. The van der Waals surface area contributed by atoms with Gasteiger partial charge in [0.2, 0.25) is 0 Å². The van der Waals surface area contributed by atoms with Gasteiger partial charge in [0.15, 0.2) is 0 Å². The van der Waals surface area contributed by atoms with Crippen LogP contribution in [0.15, 0.2) is 22.7 Å². The second-order valence-corrected chi connectivity index (χ2v) is 5.84. The quantitative estimate of drug-likeness (QED) is 0.871. The first-order valence-corrected chi connectivity index (χ1v) is 7.25. The minimum Gasteiger partial charge on any atom is -0.398 e. The van der Waals surface area contributed by atoms with E-state index in [9.17, 15) is 4.79 Å². The number of rotatable bonds is 3. The molecule has 0 radical (unpaired) electrons. The number of hydrogen-bond donors (Lipinski definition) is 1. The summed E-state index contributed by atoms with van der Waals surface area (Å²) in [7, 11) is 0. The molecule has 3 nitrogen and oxygen atoms in total. The van der Waals surface area contributed by atoms with Crippen molar-refractivity contribution in [3.05, 3.63) is 28.2 Å². The molecule has 2 N–H and O–H groups in total. The largest absolute Gasteiger partial charge is 0.398 e. The second-order valence-electron chi connectivity index (χ2n) is 4.93. The monoisotopic (exact) mass is 310 g/mol. The van der Waals surface area contributed by atoms with Crippen LogP contribution in [0.3, 0.4) is 0 Å². The van der Waals surface area contributed by atoms with Gasteiger partial charge in [-0.15, -0.1) is 0 Å². The lowest BCUT2D eigenvalue weighted by atomic mass is 10.0. The summed E-state index contributed by atoms with van der Waals surface area (Å²) in [6.07, 6.45) is 3.52. The van der Waals surface area contributed by atoms with Crippen LogP contribution in [0.5, 0.6) is 0 Å².